The van der Waals surface area contributed by atoms with E-state index < -0.39 is 0 Å². The van der Waals surface area contributed by atoms with Crippen molar-refractivity contribution in [2.45, 2.75) is 32.0 Å². The van der Waals surface area contributed by atoms with E-state index in [-0.39, 0.29) is 11.8 Å². The van der Waals surface area contributed by atoms with Crippen LogP contribution >= 0.6 is 11.8 Å². The third kappa shape index (κ3) is 4.12. The number of aryl methyl sites for hydroxylation is 1. The van der Waals surface area contributed by atoms with Crippen LogP contribution < -0.4 is 14.8 Å². The second kappa shape index (κ2) is 8.44. The van der Waals surface area contributed by atoms with Crippen LogP contribution in [0.25, 0.3) is 0 Å². The monoisotopic (exact) mass is 376 g/mol. The zero-order chi connectivity index (χ0) is 18.5. The largest absolute Gasteiger partial charge is 0.497 e. The molecule has 2 heterocycles. The predicted molar refractivity (Wildman–Crippen MR) is 99.8 cm³/mol. The number of thioether (sulfide) groups is 1. The Bertz CT molecular complexity index is 778. The van der Waals surface area contributed by atoms with Crippen molar-refractivity contribution in [1.29, 1.82) is 0 Å². The molecule has 140 valence electrons. The smallest absolute Gasteiger partial charge is 0.226 e. The van der Waals surface area contributed by atoms with E-state index in [1.807, 2.05) is 25.1 Å². The molecule has 1 aromatic heterocycles. The molecule has 0 fully saturated rings. The van der Waals surface area contributed by atoms with Gasteiger partial charge in [-0.05, 0) is 31.9 Å². The van der Waals surface area contributed by atoms with Gasteiger partial charge in [0.25, 0.3) is 0 Å². The molecule has 7 nitrogen and oxygen atoms in total. The van der Waals surface area contributed by atoms with Gasteiger partial charge in [-0.15, -0.1) is 10.2 Å². The van der Waals surface area contributed by atoms with E-state index >= 15 is 0 Å². The first-order chi connectivity index (χ1) is 12.6. The van der Waals surface area contributed by atoms with Crippen LogP contribution in [0.5, 0.6) is 11.5 Å². The lowest BCUT2D eigenvalue weighted by atomic mass is 9.96. The fraction of sp³-hybridized carbons (Fsp3) is 0.500. The standard InChI is InChI=1S/C18H24N4O3S/c1-4-22-12(2)20-21-18(22)26-8-7-19-17(23)14-9-13-5-6-15(24-3)10-16(13)25-11-14/h5-6,10,14H,4,7-9,11H2,1-3H3,(H,19,23)/t14-/m1/s1. The molecular formula is C18H24N4O3S. The minimum Gasteiger partial charge on any atom is -0.497 e. The average molecular weight is 376 g/mol. The van der Waals surface area contributed by atoms with Crippen LogP contribution in [0.2, 0.25) is 0 Å². The van der Waals surface area contributed by atoms with Crippen molar-refractivity contribution in [2.75, 3.05) is 26.0 Å². The van der Waals surface area contributed by atoms with Crippen molar-refractivity contribution < 1.29 is 14.3 Å². The Morgan fingerprint density at radius 2 is 2.31 bits per heavy atom. The van der Waals surface area contributed by atoms with Crippen molar-refractivity contribution in [3.05, 3.63) is 29.6 Å². The molecule has 1 atom stereocenters. The molecule has 0 aliphatic carbocycles. The van der Waals surface area contributed by atoms with Gasteiger partial charge in [0.1, 0.15) is 23.9 Å². The number of amides is 1. The van der Waals surface area contributed by atoms with Gasteiger partial charge >= 0.3 is 0 Å². The minimum absolute atomic E-state index is 0.0280. The van der Waals surface area contributed by atoms with Gasteiger partial charge in [-0.3, -0.25) is 4.79 Å². The maximum atomic E-state index is 12.4. The topological polar surface area (TPSA) is 78.3 Å². The van der Waals surface area contributed by atoms with Crippen molar-refractivity contribution >= 4 is 17.7 Å². The fourth-order valence-electron chi connectivity index (χ4n) is 2.94. The number of carbonyl (C=O) groups is 1. The highest BCUT2D eigenvalue weighted by Crippen LogP contribution is 2.31. The summed E-state index contributed by atoms with van der Waals surface area (Å²) in [5.41, 5.74) is 1.04. The molecular weight excluding hydrogens is 352 g/mol. The SMILES string of the molecule is CCn1c(C)nnc1SCCNC(=O)[C@H]1COc2cc(OC)ccc2C1. The van der Waals surface area contributed by atoms with Gasteiger partial charge in [0.2, 0.25) is 5.91 Å². The Kier molecular flexibility index (Phi) is 6.03. The summed E-state index contributed by atoms with van der Waals surface area (Å²) in [6.45, 7) is 5.84. The van der Waals surface area contributed by atoms with E-state index in [1.54, 1.807) is 18.9 Å². The van der Waals surface area contributed by atoms with Gasteiger partial charge in [-0.1, -0.05) is 17.8 Å². The molecule has 26 heavy (non-hydrogen) atoms. The summed E-state index contributed by atoms with van der Waals surface area (Å²) in [7, 11) is 1.63. The summed E-state index contributed by atoms with van der Waals surface area (Å²) in [5.74, 6) is 3.10. The molecule has 1 amide bonds. The molecule has 1 aliphatic rings. The Hall–Kier alpha value is -2.22. The van der Waals surface area contributed by atoms with Crippen LogP contribution in [0.15, 0.2) is 23.4 Å². The first kappa shape index (κ1) is 18.6. The highest BCUT2D eigenvalue weighted by atomic mass is 32.2. The Labute approximate surface area is 157 Å². The lowest BCUT2D eigenvalue weighted by Gasteiger charge is -2.25. The van der Waals surface area contributed by atoms with Crippen LogP contribution in [-0.4, -0.2) is 46.7 Å². The first-order valence-electron chi connectivity index (χ1n) is 8.72. The molecule has 1 aliphatic heterocycles. The van der Waals surface area contributed by atoms with Gasteiger partial charge in [-0.2, -0.15) is 0 Å². The molecule has 0 bridgehead atoms. The number of benzene rings is 1. The molecule has 2 aromatic rings. The van der Waals surface area contributed by atoms with Crippen molar-refractivity contribution in [1.82, 2.24) is 20.1 Å². The third-order valence-electron chi connectivity index (χ3n) is 4.40. The number of fused-ring (bicyclic) bond motifs is 1. The second-order valence-electron chi connectivity index (χ2n) is 6.10. The highest BCUT2D eigenvalue weighted by molar-refractivity contribution is 7.99. The van der Waals surface area contributed by atoms with E-state index in [4.69, 9.17) is 9.47 Å². The quantitative estimate of drug-likeness (QED) is 0.589. The maximum absolute atomic E-state index is 12.4. The number of rotatable bonds is 7. The Morgan fingerprint density at radius 3 is 3.08 bits per heavy atom. The maximum Gasteiger partial charge on any atom is 0.226 e. The zero-order valence-electron chi connectivity index (χ0n) is 15.3. The number of nitrogens with zero attached hydrogens (tertiary/aromatic N) is 3. The van der Waals surface area contributed by atoms with Crippen LogP contribution in [0, 0.1) is 12.8 Å². The fourth-order valence-corrected chi connectivity index (χ4v) is 3.84. The Balaban J connectivity index is 1.46. The number of hydrogen-bond donors (Lipinski definition) is 1. The van der Waals surface area contributed by atoms with Crippen LogP contribution in [-0.2, 0) is 17.8 Å². The van der Waals surface area contributed by atoms with E-state index in [0.717, 1.165) is 40.3 Å². The predicted octanol–water partition coefficient (Wildman–Crippen LogP) is 2.07. The summed E-state index contributed by atoms with van der Waals surface area (Å²) in [6.07, 6.45) is 0.682. The molecule has 0 saturated heterocycles. The first-order valence-corrected chi connectivity index (χ1v) is 9.71. The Morgan fingerprint density at radius 1 is 1.46 bits per heavy atom. The number of nitrogens with one attached hydrogen (secondary N) is 1. The van der Waals surface area contributed by atoms with Gasteiger partial charge in [0.05, 0.1) is 13.0 Å². The van der Waals surface area contributed by atoms with E-state index in [2.05, 4.69) is 27.0 Å². The number of aromatic nitrogens is 3. The van der Waals surface area contributed by atoms with E-state index in [9.17, 15) is 4.79 Å². The molecule has 1 aromatic carbocycles. The van der Waals surface area contributed by atoms with Gasteiger partial charge < -0.3 is 19.4 Å². The van der Waals surface area contributed by atoms with Gasteiger partial charge in [0.15, 0.2) is 5.16 Å². The molecule has 8 heteroatoms. The minimum atomic E-state index is -0.164. The molecule has 0 radical (unpaired) electrons. The van der Waals surface area contributed by atoms with Crippen LogP contribution in [0.4, 0.5) is 0 Å². The summed E-state index contributed by atoms with van der Waals surface area (Å²) < 4.78 is 13.0. The number of hydrogen-bond acceptors (Lipinski definition) is 6. The lowest BCUT2D eigenvalue weighted by Crippen LogP contribution is -2.38. The van der Waals surface area contributed by atoms with Crippen molar-refractivity contribution in [3.63, 3.8) is 0 Å². The number of methoxy groups -OCH3 is 1. The summed E-state index contributed by atoms with van der Waals surface area (Å²) in [5, 5.41) is 12.1. The van der Waals surface area contributed by atoms with Crippen molar-refractivity contribution in [3.8, 4) is 11.5 Å². The number of carbonyl (C=O) groups excluding carboxylic acids is 1. The summed E-state index contributed by atoms with van der Waals surface area (Å²) >= 11 is 1.60. The lowest BCUT2D eigenvalue weighted by molar-refractivity contribution is -0.126. The van der Waals surface area contributed by atoms with E-state index in [0.29, 0.717) is 19.6 Å². The third-order valence-corrected chi connectivity index (χ3v) is 5.37. The summed E-state index contributed by atoms with van der Waals surface area (Å²) in [4.78, 5) is 12.4. The van der Waals surface area contributed by atoms with Crippen molar-refractivity contribution in [2.24, 2.45) is 5.92 Å². The van der Waals surface area contributed by atoms with Crippen LogP contribution in [0.3, 0.4) is 0 Å². The van der Waals surface area contributed by atoms with Gasteiger partial charge in [-0.25, -0.2) is 0 Å². The average Bonchev–Trinajstić information content (AvgIpc) is 3.03. The highest BCUT2D eigenvalue weighted by Gasteiger charge is 2.26. The van der Waals surface area contributed by atoms with Crippen LogP contribution in [0.1, 0.15) is 18.3 Å². The normalized spacial score (nSPS) is 15.9. The number of ether oxygens (including phenoxy) is 2. The summed E-state index contributed by atoms with van der Waals surface area (Å²) in [6, 6.07) is 5.72. The van der Waals surface area contributed by atoms with Gasteiger partial charge in [0, 0.05) is 24.9 Å². The molecule has 0 spiro atoms. The molecule has 3 rings (SSSR count). The zero-order valence-corrected chi connectivity index (χ0v) is 16.1. The molecule has 0 saturated carbocycles. The second-order valence-corrected chi connectivity index (χ2v) is 7.16. The molecule has 0 unspecified atom stereocenters. The molecule has 1 N–H and O–H groups in total. The van der Waals surface area contributed by atoms with E-state index in [1.165, 1.54) is 0 Å².